The molecule has 0 atom stereocenters. The molecule has 1 heterocycles. The molecule has 0 radical (unpaired) electrons. The maximum Gasteiger partial charge on any atom is 0.253 e. The molecule has 0 unspecified atom stereocenters. The average molecular weight is 163 g/mol. The number of nitrogens with zero attached hydrogens (tertiary/aromatic N) is 1. The zero-order chi connectivity index (χ0) is 8.39. The third kappa shape index (κ3) is 1.29. The molecule has 1 aliphatic carbocycles. The summed E-state index contributed by atoms with van der Waals surface area (Å²) in [4.78, 5) is 13.5. The van der Waals surface area contributed by atoms with Gasteiger partial charge >= 0.3 is 0 Å². The molecular weight excluding hydrogens is 150 g/mol. The van der Waals surface area contributed by atoms with Gasteiger partial charge in [0.25, 0.3) is 5.91 Å². The van der Waals surface area contributed by atoms with E-state index in [1.807, 2.05) is 17.1 Å². The van der Waals surface area contributed by atoms with Gasteiger partial charge < -0.3 is 4.90 Å². The molecule has 0 N–H and O–H groups in total. The Balaban J connectivity index is 2.02. The summed E-state index contributed by atoms with van der Waals surface area (Å²) in [5.41, 5.74) is 0.890. The van der Waals surface area contributed by atoms with Crippen LogP contribution in [0.3, 0.4) is 0 Å². The van der Waals surface area contributed by atoms with Gasteiger partial charge in [-0.3, -0.25) is 4.79 Å². The number of hydrogen-bond acceptors (Lipinski definition) is 1. The van der Waals surface area contributed by atoms with Gasteiger partial charge in [-0.05, 0) is 19.3 Å². The molecule has 0 aromatic rings. The maximum absolute atomic E-state index is 11.6. The zero-order valence-electron chi connectivity index (χ0n) is 7.12. The average Bonchev–Trinajstić information content (AvgIpc) is 2.03. The van der Waals surface area contributed by atoms with Crippen molar-refractivity contribution in [2.75, 3.05) is 13.1 Å². The van der Waals surface area contributed by atoms with Crippen LogP contribution in [-0.4, -0.2) is 23.9 Å². The van der Waals surface area contributed by atoms with E-state index in [9.17, 15) is 4.79 Å². The molecule has 2 heteroatoms. The van der Waals surface area contributed by atoms with Crippen LogP contribution in [0, 0.1) is 0 Å². The maximum atomic E-state index is 11.6. The molecule has 1 amide bonds. The quantitative estimate of drug-likeness (QED) is 0.573. The Morgan fingerprint density at radius 2 is 2.17 bits per heavy atom. The fraction of sp³-hybridized carbons (Fsp3) is 0.500. The van der Waals surface area contributed by atoms with Crippen LogP contribution in [0.15, 0.2) is 23.8 Å². The van der Waals surface area contributed by atoms with Gasteiger partial charge in [0.2, 0.25) is 0 Å². The van der Waals surface area contributed by atoms with Crippen LogP contribution in [0.25, 0.3) is 0 Å². The van der Waals surface area contributed by atoms with Crippen LogP contribution < -0.4 is 0 Å². The summed E-state index contributed by atoms with van der Waals surface area (Å²) >= 11 is 0. The summed E-state index contributed by atoms with van der Waals surface area (Å²) in [5.74, 6) is 0.220. The van der Waals surface area contributed by atoms with Crippen molar-refractivity contribution in [2.24, 2.45) is 0 Å². The van der Waals surface area contributed by atoms with Crippen LogP contribution >= 0.6 is 0 Å². The monoisotopic (exact) mass is 163 g/mol. The topological polar surface area (TPSA) is 20.3 Å². The third-order valence-electron chi connectivity index (χ3n) is 2.39. The SMILES string of the molecule is O=C(C1=CCCC=C1)N1CCC1. The summed E-state index contributed by atoms with van der Waals surface area (Å²) in [6, 6.07) is 0. The van der Waals surface area contributed by atoms with Crippen molar-refractivity contribution in [3.05, 3.63) is 23.8 Å². The van der Waals surface area contributed by atoms with E-state index in [1.165, 1.54) is 6.42 Å². The van der Waals surface area contributed by atoms with E-state index in [0.29, 0.717) is 0 Å². The fourth-order valence-electron chi connectivity index (χ4n) is 1.47. The van der Waals surface area contributed by atoms with E-state index >= 15 is 0 Å². The Morgan fingerprint density at radius 3 is 2.67 bits per heavy atom. The van der Waals surface area contributed by atoms with Gasteiger partial charge in [-0.15, -0.1) is 0 Å². The number of carbonyl (C=O) groups excluding carboxylic acids is 1. The Kier molecular flexibility index (Phi) is 1.98. The number of likely N-dealkylation sites (tertiary alicyclic amines) is 1. The van der Waals surface area contributed by atoms with Crippen molar-refractivity contribution in [3.8, 4) is 0 Å². The highest BCUT2D eigenvalue weighted by atomic mass is 16.2. The van der Waals surface area contributed by atoms with Gasteiger partial charge in [0.05, 0.1) is 0 Å². The number of amides is 1. The molecule has 2 rings (SSSR count). The highest BCUT2D eigenvalue weighted by Crippen LogP contribution is 2.16. The van der Waals surface area contributed by atoms with Crippen molar-refractivity contribution in [3.63, 3.8) is 0 Å². The molecule has 0 bridgehead atoms. The lowest BCUT2D eigenvalue weighted by atomic mass is 10.0. The van der Waals surface area contributed by atoms with E-state index in [1.54, 1.807) is 0 Å². The first kappa shape index (κ1) is 7.59. The summed E-state index contributed by atoms with van der Waals surface area (Å²) < 4.78 is 0. The molecule has 1 saturated heterocycles. The first-order valence-electron chi connectivity index (χ1n) is 4.54. The number of rotatable bonds is 1. The second-order valence-corrected chi connectivity index (χ2v) is 3.28. The number of hydrogen-bond donors (Lipinski definition) is 0. The third-order valence-corrected chi connectivity index (χ3v) is 2.39. The first-order valence-corrected chi connectivity index (χ1v) is 4.54. The van der Waals surface area contributed by atoms with E-state index in [2.05, 4.69) is 6.08 Å². The number of allylic oxidation sites excluding steroid dienone is 2. The molecule has 64 valence electrons. The molecule has 2 nitrogen and oxygen atoms in total. The minimum absolute atomic E-state index is 0.220. The number of carbonyl (C=O) groups is 1. The van der Waals surface area contributed by atoms with Crippen molar-refractivity contribution in [1.29, 1.82) is 0 Å². The molecule has 2 aliphatic rings. The predicted molar refractivity (Wildman–Crippen MR) is 47.7 cm³/mol. The van der Waals surface area contributed by atoms with Gasteiger partial charge in [-0.1, -0.05) is 18.2 Å². The van der Waals surface area contributed by atoms with Gasteiger partial charge in [0, 0.05) is 18.7 Å². The standard InChI is InChI=1S/C10H13NO/c12-10(11-7-4-8-11)9-5-2-1-3-6-9/h2,5-6H,1,3-4,7-8H2. The lowest BCUT2D eigenvalue weighted by molar-refractivity contribution is -0.130. The lowest BCUT2D eigenvalue weighted by Crippen LogP contribution is -2.42. The summed E-state index contributed by atoms with van der Waals surface area (Å²) in [6.07, 6.45) is 9.34. The highest BCUT2D eigenvalue weighted by molar-refractivity contribution is 5.96. The van der Waals surface area contributed by atoms with Crippen molar-refractivity contribution < 1.29 is 4.79 Å². The molecule has 1 aliphatic heterocycles. The van der Waals surface area contributed by atoms with Gasteiger partial charge in [-0.25, -0.2) is 0 Å². The van der Waals surface area contributed by atoms with Crippen LogP contribution in [0.5, 0.6) is 0 Å². The second kappa shape index (κ2) is 3.13. The van der Waals surface area contributed by atoms with E-state index in [-0.39, 0.29) is 5.91 Å². The second-order valence-electron chi connectivity index (χ2n) is 3.28. The molecule has 0 aromatic heterocycles. The molecule has 1 fully saturated rings. The van der Waals surface area contributed by atoms with Gasteiger partial charge in [0.15, 0.2) is 0 Å². The Morgan fingerprint density at radius 1 is 1.33 bits per heavy atom. The molecular formula is C10H13NO. The largest absolute Gasteiger partial charge is 0.339 e. The Hall–Kier alpha value is -1.05. The normalized spacial score (nSPS) is 21.7. The van der Waals surface area contributed by atoms with Crippen LogP contribution in [-0.2, 0) is 4.79 Å². The van der Waals surface area contributed by atoms with E-state index in [4.69, 9.17) is 0 Å². The van der Waals surface area contributed by atoms with Gasteiger partial charge in [0.1, 0.15) is 0 Å². The van der Waals surface area contributed by atoms with Crippen molar-refractivity contribution in [1.82, 2.24) is 4.90 Å². The molecule has 0 aromatic carbocycles. The zero-order valence-corrected chi connectivity index (χ0v) is 7.12. The van der Waals surface area contributed by atoms with E-state index < -0.39 is 0 Å². The molecule has 12 heavy (non-hydrogen) atoms. The van der Waals surface area contributed by atoms with Crippen LogP contribution in [0.2, 0.25) is 0 Å². The molecule has 0 saturated carbocycles. The fourth-order valence-corrected chi connectivity index (χ4v) is 1.47. The van der Waals surface area contributed by atoms with Gasteiger partial charge in [-0.2, -0.15) is 0 Å². The smallest absolute Gasteiger partial charge is 0.253 e. The van der Waals surface area contributed by atoms with Crippen molar-refractivity contribution in [2.45, 2.75) is 19.3 Å². The van der Waals surface area contributed by atoms with Crippen LogP contribution in [0.1, 0.15) is 19.3 Å². The van der Waals surface area contributed by atoms with E-state index in [0.717, 1.165) is 31.5 Å². The summed E-state index contributed by atoms with van der Waals surface area (Å²) in [7, 11) is 0. The highest BCUT2D eigenvalue weighted by Gasteiger charge is 2.22. The lowest BCUT2D eigenvalue weighted by Gasteiger charge is -2.31. The summed E-state index contributed by atoms with van der Waals surface area (Å²) in [6.45, 7) is 1.90. The predicted octanol–water partition coefficient (Wildman–Crippen LogP) is 1.50. The first-order chi connectivity index (χ1) is 5.88. The van der Waals surface area contributed by atoms with Crippen molar-refractivity contribution >= 4 is 5.91 Å². The minimum Gasteiger partial charge on any atom is -0.339 e. The Labute approximate surface area is 72.6 Å². The summed E-state index contributed by atoms with van der Waals surface area (Å²) in [5, 5.41) is 0. The minimum atomic E-state index is 0.220. The Bertz CT molecular complexity index is 249. The molecule has 0 spiro atoms. The van der Waals surface area contributed by atoms with Crippen LogP contribution in [0.4, 0.5) is 0 Å².